The molecule has 0 N–H and O–H groups in total. The summed E-state index contributed by atoms with van der Waals surface area (Å²) in [4.78, 5) is 11.4. The summed E-state index contributed by atoms with van der Waals surface area (Å²) in [7, 11) is 0. The van der Waals surface area contributed by atoms with Crippen molar-refractivity contribution in [2.75, 3.05) is 0 Å². The van der Waals surface area contributed by atoms with Crippen LogP contribution in [0, 0.1) is 17.2 Å². The quantitative estimate of drug-likeness (QED) is 0.137. The minimum absolute atomic E-state index is 0.100. The van der Waals surface area contributed by atoms with Crippen LogP contribution < -0.4 is 4.74 Å². The molecule has 0 aromatic heterocycles. The fraction of sp³-hybridized carbons (Fsp3) is 0.455. The van der Waals surface area contributed by atoms with Crippen molar-refractivity contribution in [1.82, 2.24) is 0 Å². The van der Waals surface area contributed by atoms with Crippen molar-refractivity contribution >= 4 is 16.6 Å². The first-order valence-corrected chi connectivity index (χ1v) is 18.0. The van der Waals surface area contributed by atoms with E-state index < -0.39 is 0 Å². The number of rotatable bonds is 13. The first kappa shape index (κ1) is 41.1. The Labute approximate surface area is 287 Å². The maximum absolute atomic E-state index is 11.4. The molecule has 0 heterocycles. The van der Waals surface area contributed by atoms with Crippen molar-refractivity contribution in [3.05, 3.63) is 113 Å². The molecule has 4 rings (SSSR count). The third-order valence-electron chi connectivity index (χ3n) is 8.05. The van der Waals surface area contributed by atoms with Gasteiger partial charge in [0.2, 0.25) is 0 Å². The Balaban J connectivity index is 0.000000353. The SMILES string of the molecule is CCCC(C)CCC.CCCC(CCC)Oc1ccc2cc(C(C)=O)ccc2c1.CCc1ccc(C#N)cc1.CCc1ccccc1. The van der Waals surface area contributed by atoms with E-state index in [1.54, 1.807) is 6.92 Å². The molecule has 0 unspecified atom stereocenters. The highest BCUT2D eigenvalue weighted by atomic mass is 16.5. The third kappa shape index (κ3) is 17.6. The maximum Gasteiger partial charge on any atom is 0.159 e. The highest BCUT2D eigenvalue weighted by Gasteiger charge is 2.09. The average Bonchev–Trinajstić information content (AvgIpc) is 3.09. The molecule has 4 aromatic rings. The minimum atomic E-state index is 0.100. The number of Topliss-reactive ketones (excluding diaryl/α,β-unsaturated/α-hetero) is 1. The zero-order valence-electron chi connectivity index (χ0n) is 30.6. The largest absolute Gasteiger partial charge is 0.490 e. The summed E-state index contributed by atoms with van der Waals surface area (Å²) in [5.41, 5.74) is 4.18. The number of carbonyl (C=O) groups excluding carboxylic acids is 1. The second-order valence-electron chi connectivity index (χ2n) is 12.3. The predicted molar refractivity (Wildman–Crippen MR) is 204 cm³/mol. The number of fused-ring (bicyclic) bond motifs is 1. The summed E-state index contributed by atoms with van der Waals surface area (Å²) in [6.45, 7) is 17.1. The zero-order chi connectivity index (χ0) is 34.9. The normalized spacial score (nSPS) is 10.1. The monoisotopic (exact) mass is 635 g/mol. The summed E-state index contributed by atoms with van der Waals surface area (Å²) < 4.78 is 6.11. The Morgan fingerprint density at radius 3 is 1.64 bits per heavy atom. The van der Waals surface area contributed by atoms with Gasteiger partial charge in [-0.1, -0.05) is 148 Å². The van der Waals surface area contributed by atoms with Crippen molar-refractivity contribution < 1.29 is 9.53 Å². The number of ether oxygens (including phenoxy) is 1. The van der Waals surface area contributed by atoms with Gasteiger partial charge in [0.1, 0.15) is 5.75 Å². The van der Waals surface area contributed by atoms with Gasteiger partial charge < -0.3 is 4.74 Å². The smallest absolute Gasteiger partial charge is 0.159 e. The molecule has 0 saturated carbocycles. The van der Waals surface area contributed by atoms with Crippen molar-refractivity contribution in [2.24, 2.45) is 5.92 Å². The minimum Gasteiger partial charge on any atom is -0.490 e. The molecule has 0 saturated heterocycles. The second-order valence-corrected chi connectivity index (χ2v) is 12.3. The van der Waals surface area contributed by atoms with Crippen molar-refractivity contribution in [2.45, 2.75) is 126 Å². The zero-order valence-corrected chi connectivity index (χ0v) is 30.6. The van der Waals surface area contributed by atoms with E-state index in [0.717, 1.165) is 72.1 Å². The molecule has 0 atom stereocenters. The number of nitrogens with zero attached hydrogens (tertiary/aromatic N) is 1. The molecule has 0 radical (unpaired) electrons. The lowest BCUT2D eigenvalue weighted by molar-refractivity contribution is 0.101. The van der Waals surface area contributed by atoms with Crippen LogP contribution in [-0.2, 0) is 12.8 Å². The number of nitriles is 1. The molecule has 0 aliphatic carbocycles. The van der Waals surface area contributed by atoms with Crippen molar-refractivity contribution in [3.8, 4) is 11.8 Å². The van der Waals surface area contributed by atoms with Crippen molar-refractivity contribution in [3.63, 3.8) is 0 Å². The maximum atomic E-state index is 11.4. The van der Waals surface area contributed by atoms with Crippen LogP contribution in [0.4, 0.5) is 0 Å². The lowest BCUT2D eigenvalue weighted by Gasteiger charge is -2.18. The molecule has 0 bridgehead atoms. The molecular formula is C44H61NO2. The second kappa shape index (κ2) is 25.2. The van der Waals surface area contributed by atoms with Crippen LogP contribution in [0.25, 0.3) is 10.8 Å². The summed E-state index contributed by atoms with van der Waals surface area (Å²) in [6.07, 6.45) is 12.5. The Morgan fingerprint density at radius 1 is 0.660 bits per heavy atom. The van der Waals surface area contributed by atoms with Gasteiger partial charge >= 0.3 is 0 Å². The number of ketones is 1. The molecule has 3 nitrogen and oxygen atoms in total. The van der Waals surface area contributed by atoms with Crippen LogP contribution >= 0.6 is 0 Å². The van der Waals surface area contributed by atoms with Gasteiger partial charge in [0, 0.05) is 5.56 Å². The van der Waals surface area contributed by atoms with Gasteiger partial charge in [-0.3, -0.25) is 4.79 Å². The van der Waals surface area contributed by atoms with E-state index in [1.165, 1.54) is 36.8 Å². The van der Waals surface area contributed by atoms with Crippen LogP contribution in [0.3, 0.4) is 0 Å². The summed E-state index contributed by atoms with van der Waals surface area (Å²) in [5, 5.41) is 10.6. The third-order valence-corrected chi connectivity index (χ3v) is 8.05. The molecular weight excluding hydrogens is 574 g/mol. The summed E-state index contributed by atoms with van der Waals surface area (Å²) >= 11 is 0. The Morgan fingerprint density at radius 2 is 1.17 bits per heavy atom. The lowest BCUT2D eigenvalue weighted by Crippen LogP contribution is -2.15. The van der Waals surface area contributed by atoms with Crippen LogP contribution in [0.5, 0.6) is 5.75 Å². The molecule has 47 heavy (non-hydrogen) atoms. The van der Waals surface area contributed by atoms with Gasteiger partial charge in [-0.2, -0.15) is 5.26 Å². The van der Waals surface area contributed by atoms with Gasteiger partial charge in [-0.15, -0.1) is 0 Å². The van der Waals surface area contributed by atoms with Gasteiger partial charge in [0.15, 0.2) is 5.78 Å². The number of aryl methyl sites for hydroxylation is 2. The van der Waals surface area contributed by atoms with Crippen molar-refractivity contribution in [1.29, 1.82) is 5.26 Å². The van der Waals surface area contributed by atoms with Gasteiger partial charge in [0.05, 0.1) is 17.7 Å². The van der Waals surface area contributed by atoms with E-state index in [2.05, 4.69) is 84.9 Å². The Bertz CT molecular complexity index is 1410. The van der Waals surface area contributed by atoms with E-state index in [0.29, 0.717) is 6.10 Å². The van der Waals surface area contributed by atoms with E-state index >= 15 is 0 Å². The van der Waals surface area contributed by atoms with E-state index in [-0.39, 0.29) is 5.78 Å². The average molecular weight is 636 g/mol. The Hall–Kier alpha value is -3.90. The standard InChI is InChI=1S/C19H24O2.C9H9N.C8H10.C8H18/c1-4-6-18(7-5-2)21-19-11-10-16-12-15(14(3)20)8-9-17(16)13-19;1-2-8-3-5-9(7-10)6-4-8;1-2-8-6-4-3-5-7-8;1-4-6-8(3)7-5-2/h8-13,18H,4-7H2,1-3H3;3-6H,2H2,1H3;3-7H,2H2,1H3;8H,4-7H2,1-3H3. The van der Waals surface area contributed by atoms with E-state index in [4.69, 9.17) is 10.00 Å². The topological polar surface area (TPSA) is 50.1 Å². The van der Waals surface area contributed by atoms with E-state index in [1.807, 2.05) is 60.7 Å². The first-order chi connectivity index (χ1) is 22.7. The molecule has 0 spiro atoms. The fourth-order valence-electron chi connectivity index (χ4n) is 5.27. The molecule has 4 aromatic carbocycles. The first-order valence-electron chi connectivity index (χ1n) is 18.0. The molecule has 0 aliphatic rings. The van der Waals surface area contributed by atoms with Gasteiger partial charge in [-0.25, -0.2) is 0 Å². The van der Waals surface area contributed by atoms with E-state index in [9.17, 15) is 4.79 Å². The summed E-state index contributed by atoms with van der Waals surface area (Å²) in [5.74, 6) is 1.98. The number of hydrogen-bond acceptors (Lipinski definition) is 3. The summed E-state index contributed by atoms with van der Waals surface area (Å²) in [6, 6.07) is 32.1. The highest BCUT2D eigenvalue weighted by Crippen LogP contribution is 2.24. The number of benzene rings is 4. The molecule has 0 fully saturated rings. The molecule has 0 aliphatic heterocycles. The number of carbonyl (C=O) groups is 1. The van der Waals surface area contributed by atoms with Crippen LogP contribution in [0.15, 0.2) is 91.0 Å². The predicted octanol–water partition coefficient (Wildman–Crippen LogP) is 13.0. The van der Waals surface area contributed by atoms with Gasteiger partial charge in [0.25, 0.3) is 0 Å². The molecule has 0 amide bonds. The molecule has 3 heteroatoms. The van der Waals surface area contributed by atoms with Crippen LogP contribution in [0.2, 0.25) is 0 Å². The van der Waals surface area contributed by atoms with Crippen LogP contribution in [-0.4, -0.2) is 11.9 Å². The Kier molecular flexibility index (Phi) is 22.1. The number of hydrogen-bond donors (Lipinski definition) is 0. The lowest BCUT2D eigenvalue weighted by atomic mass is 10.0. The van der Waals surface area contributed by atoms with Gasteiger partial charge in [-0.05, 0) is 90.8 Å². The van der Waals surface area contributed by atoms with Crippen LogP contribution in [0.1, 0.15) is 134 Å². The molecule has 254 valence electrons. The highest BCUT2D eigenvalue weighted by molar-refractivity contribution is 5.98. The fourth-order valence-corrected chi connectivity index (χ4v) is 5.27.